The molecule has 61 heavy (non-hydrogen) atoms. The van der Waals surface area contributed by atoms with Crippen molar-refractivity contribution in [3.8, 4) is 21.9 Å². The molecule has 2 atom stereocenters. The zero-order valence-electron chi connectivity index (χ0n) is 34.7. The van der Waals surface area contributed by atoms with Gasteiger partial charge in [0.1, 0.15) is 12.1 Å². The fraction of sp³-hybridized carbons (Fsp3) is 0.455. The van der Waals surface area contributed by atoms with Crippen LogP contribution in [-0.4, -0.2) is 70.3 Å². The van der Waals surface area contributed by atoms with Gasteiger partial charge in [-0.15, -0.1) is 11.3 Å². The molecule has 1 aliphatic heterocycles. The first-order valence-electron chi connectivity index (χ1n) is 20.3. The predicted molar refractivity (Wildman–Crippen MR) is 233 cm³/mol. The number of thiazole rings is 1. The molecule has 0 aliphatic carbocycles. The van der Waals surface area contributed by atoms with Gasteiger partial charge in [-0.3, -0.25) is 24.2 Å². The van der Waals surface area contributed by atoms with Gasteiger partial charge in [-0.05, 0) is 67.3 Å². The Kier molecular flexibility index (Phi) is 17.2. The topological polar surface area (TPSA) is 152 Å². The Labute approximate surface area is 369 Å². The van der Waals surface area contributed by atoms with Crippen LogP contribution >= 0.6 is 34.5 Å². The fourth-order valence-corrected chi connectivity index (χ4v) is 8.23. The van der Waals surface area contributed by atoms with Crippen LogP contribution < -0.4 is 25.4 Å². The quantitative estimate of drug-likeness (QED) is 0.0742. The van der Waals surface area contributed by atoms with Crippen molar-refractivity contribution in [2.75, 3.05) is 18.5 Å². The van der Waals surface area contributed by atoms with E-state index in [1.165, 1.54) is 30.6 Å². The maximum absolute atomic E-state index is 13.9. The summed E-state index contributed by atoms with van der Waals surface area (Å²) in [6, 6.07) is 10.5. The summed E-state index contributed by atoms with van der Waals surface area (Å²) in [6.45, 7) is 5.57. The summed E-state index contributed by atoms with van der Waals surface area (Å²) in [4.78, 5) is 64.2. The second-order valence-electron chi connectivity index (χ2n) is 15.9. The van der Waals surface area contributed by atoms with Gasteiger partial charge in [0.05, 0.1) is 38.4 Å². The van der Waals surface area contributed by atoms with Crippen molar-refractivity contribution < 1.29 is 37.4 Å². The van der Waals surface area contributed by atoms with E-state index in [4.69, 9.17) is 27.9 Å². The molecule has 0 radical (unpaired) electrons. The van der Waals surface area contributed by atoms with Crippen molar-refractivity contribution in [3.63, 3.8) is 0 Å². The van der Waals surface area contributed by atoms with E-state index in [0.29, 0.717) is 38.8 Å². The number of nitrogens with zero attached hydrogens (tertiary/aromatic N) is 3. The average molecular weight is 902 g/mol. The number of carbonyl (C=O) groups excluding carboxylic acids is 4. The molecular formula is C44H52Cl2F2N6O6S. The minimum absolute atomic E-state index is 0.0123. The van der Waals surface area contributed by atoms with Crippen molar-refractivity contribution in [2.45, 2.75) is 111 Å². The van der Waals surface area contributed by atoms with Crippen LogP contribution in [0.4, 0.5) is 14.5 Å². The Morgan fingerprint density at radius 3 is 2.30 bits per heavy atom. The maximum atomic E-state index is 13.9. The maximum Gasteiger partial charge on any atom is 0.387 e. The van der Waals surface area contributed by atoms with Gasteiger partial charge < -0.3 is 30.3 Å². The SMILES string of the molecule is Cc1ncsc1-c1ccc(CNC(=O)C2CCCN2C(=O)C(NC(=O)CCCCCCCCOc2cc(C(=O)Nc3c(Cl)cncc3Cl)ccc2OC(F)F)C(C)(C)C)cc1. The zero-order valence-corrected chi connectivity index (χ0v) is 37.0. The number of hydrogen-bond donors (Lipinski definition) is 3. The molecule has 4 aromatic rings. The molecule has 328 valence electrons. The summed E-state index contributed by atoms with van der Waals surface area (Å²) in [7, 11) is 0. The van der Waals surface area contributed by atoms with E-state index in [9.17, 15) is 28.0 Å². The normalized spacial score (nSPS) is 14.4. The number of carbonyl (C=O) groups is 4. The van der Waals surface area contributed by atoms with E-state index in [0.717, 1.165) is 47.4 Å². The third-order valence-corrected chi connectivity index (χ3v) is 11.8. The summed E-state index contributed by atoms with van der Waals surface area (Å²) in [6.07, 6.45) is 8.66. The van der Waals surface area contributed by atoms with Crippen molar-refractivity contribution in [1.82, 2.24) is 25.5 Å². The molecule has 2 aromatic heterocycles. The minimum atomic E-state index is -3.09. The molecule has 5 rings (SSSR count). The fourth-order valence-electron chi connectivity index (χ4n) is 6.96. The summed E-state index contributed by atoms with van der Waals surface area (Å²) in [5.41, 5.74) is 4.52. The van der Waals surface area contributed by atoms with Crippen LogP contribution in [0.2, 0.25) is 10.0 Å². The van der Waals surface area contributed by atoms with Crippen LogP contribution in [0.15, 0.2) is 60.4 Å². The molecule has 2 unspecified atom stereocenters. The first kappa shape index (κ1) is 47.2. The summed E-state index contributed by atoms with van der Waals surface area (Å²) >= 11 is 13.8. The smallest absolute Gasteiger partial charge is 0.387 e. The first-order chi connectivity index (χ1) is 29.1. The number of unbranched alkanes of at least 4 members (excludes halogenated alkanes) is 5. The lowest BCUT2D eigenvalue weighted by molar-refractivity contribution is -0.143. The molecule has 17 heteroatoms. The molecule has 1 fully saturated rings. The number of benzene rings is 2. The van der Waals surface area contributed by atoms with E-state index >= 15 is 0 Å². The van der Waals surface area contributed by atoms with Crippen LogP contribution in [0.25, 0.3) is 10.4 Å². The molecule has 1 saturated heterocycles. The van der Waals surface area contributed by atoms with E-state index in [-0.39, 0.29) is 63.5 Å². The van der Waals surface area contributed by atoms with Gasteiger partial charge >= 0.3 is 6.61 Å². The van der Waals surface area contributed by atoms with E-state index in [1.807, 2.05) is 57.5 Å². The number of ether oxygens (including phenoxy) is 2. The van der Waals surface area contributed by atoms with Gasteiger partial charge in [0, 0.05) is 37.5 Å². The number of aryl methyl sites for hydroxylation is 1. The van der Waals surface area contributed by atoms with Crippen molar-refractivity contribution in [3.05, 3.63) is 87.2 Å². The number of alkyl halides is 2. The molecule has 3 heterocycles. The second kappa shape index (κ2) is 22.3. The highest BCUT2D eigenvalue weighted by Crippen LogP contribution is 2.33. The van der Waals surface area contributed by atoms with E-state index < -0.39 is 30.0 Å². The van der Waals surface area contributed by atoms with Gasteiger partial charge in [0.25, 0.3) is 5.91 Å². The third-order valence-electron chi connectivity index (χ3n) is 10.3. The molecule has 1 aliphatic rings. The molecule has 0 saturated carbocycles. The lowest BCUT2D eigenvalue weighted by Gasteiger charge is -2.35. The Morgan fingerprint density at radius 1 is 0.951 bits per heavy atom. The van der Waals surface area contributed by atoms with E-state index in [2.05, 4.69) is 30.7 Å². The van der Waals surface area contributed by atoms with Crippen molar-refractivity contribution in [1.29, 1.82) is 0 Å². The number of nitrogens with one attached hydrogen (secondary N) is 3. The molecule has 4 amide bonds. The van der Waals surface area contributed by atoms with Gasteiger partial charge in [-0.25, -0.2) is 4.98 Å². The Bertz CT molecular complexity index is 2110. The van der Waals surface area contributed by atoms with Gasteiger partial charge in [0.2, 0.25) is 17.7 Å². The first-order valence-corrected chi connectivity index (χ1v) is 21.9. The predicted octanol–water partition coefficient (Wildman–Crippen LogP) is 9.62. The van der Waals surface area contributed by atoms with Crippen LogP contribution in [0.3, 0.4) is 0 Å². The van der Waals surface area contributed by atoms with Crippen LogP contribution in [0.1, 0.15) is 100 Å². The van der Waals surface area contributed by atoms with Gasteiger partial charge in [0.15, 0.2) is 11.5 Å². The van der Waals surface area contributed by atoms with Gasteiger partial charge in [-0.2, -0.15) is 8.78 Å². The van der Waals surface area contributed by atoms with Gasteiger partial charge in [-0.1, -0.05) is 93.9 Å². The van der Waals surface area contributed by atoms with Crippen molar-refractivity contribution >= 4 is 63.9 Å². The third kappa shape index (κ3) is 13.6. The standard InChI is InChI=1S/C44H52Cl2F2N6O6S/c1-27-38(61-26-51-27)29-16-14-28(15-17-29)23-50-41(57)33-12-11-20-54(33)42(58)39(44(2,3)4)52-36(55)13-9-7-5-6-8-10-21-59-35-22-30(18-19-34(35)60-43(47)48)40(56)53-37-31(45)24-49-25-32(37)46/h14-19,22,24-26,33,39,43H,5-13,20-21,23H2,1-4H3,(H,50,57)(H,52,55)(H,49,53,56). The highest BCUT2D eigenvalue weighted by molar-refractivity contribution is 7.13. The number of aromatic nitrogens is 2. The molecule has 0 bridgehead atoms. The summed E-state index contributed by atoms with van der Waals surface area (Å²) in [5.74, 6) is -1.49. The monoisotopic (exact) mass is 900 g/mol. The molecular weight excluding hydrogens is 849 g/mol. The largest absolute Gasteiger partial charge is 0.490 e. The highest BCUT2D eigenvalue weighted by atomic mass is 35.5. The lowest BCUT2D eigenvalue weighted by Crippen LogP contribution is -2.57. The van der Waals surface area contributed by atoms with Crippen molar-refractivity contribution in [2.24, 2.45) is 5.41 Å². The Morgan fingerprint density at radius 2 is 1.64 bits per heavy atom. The average Bonchev–Trinajstić information content (AvgIpc) is 3.89. The molecule has 12 nitrogen and oxygen atoms in total. The number of halogens is 4. The number of likely N-dealkylation sites (tertiary alicyclic amines) is 1. The molecule has 2 aromatic carbocycles. The molecule has 3 N–H and O–H groups in total. The highest BCUT2D eigenvalue weighted by Gasteiger charge is 2.41. The Balaban J connectivity index is 1.02. The number of amides is 4. The van der Waals surface area contributed by atoms with Crippen LogP contribution in [0, 0.1) is 12.3 Å². The van der Waals surface area contributed by atoms with Crippen LogP contribution in [0.5, 0.6) is 11.5 Å². The summed E-state index contributed by atoms with van der Waals surface area (Å²) in [5, 5.41) is 8.84. The number of anilines is 1. The van der Waals surface area contributed by atoms with E-state index in [1.54, 1.807) is 16.2 Å². The minimum Gasteiger partial charge on any atom is -0.490 e. The lowest BCUT2D eigenvalue weighted by atomic mass is 9.85. The number of hydrogen-bond acceptors (Lipinski definition) is 9. The second-order valence-corrected chi connectivity index (χ2v) is 17.6. The summed E-state index contributed by atoms with van der Waals surface area (Å²) < 4.78 is 36.6. The molecule has 0 spiro atoms. The van der Waals surface area contributed by atoms with Crippen LogP contribution in [-0.2, 0) is 20.9 Å². The number of pyridine rings is 1. The zero-order chi connectivity index (χ0) is 44.1. The Hall–Kier alpha value is -4.86. The number of rotatable bonds is 20.